The number of benzene rings is 1. The van der Waals surface area contributed by atoms with Crippen LogP contribution in [-0.4, -0.2) is 58.3 Å². The lowest BCUT2D eigenvalue weighted by Gasteiger charge is -2.35. The van der Waals surface area contributed by atoms with E-state index < -0.39 is 0 Å². The molecule has 6 heteroatoms. The Morgan fingerprint density at radius 3 is 2.37 bits per heavy atom. The van der Waals surface area contributed by atoms with Gasteiger partial charge in [0, 0.05) is 45.5 Å². The number of piperazine rings is 1. The Bertz CT molecular complexity index is 891. The summed E-state index contributed by atoms with van der Waals surface area (Å²) in [6.45, 7) is 6.03. The van der Waals surface area contributed by atoms with Crippen molar-refractivity contribution in [3.8, 4) is 0 Å². The number of carbonyl (C=O) groups excluding carboxylic acids is 1. The van der Waals surface area contributed by atoms with Crippen molar-refractivity contribution in [3.05, 3.63) is 90.1 Å². The number of rotatable bonds is 8. The number of amides is 1. The van der Waals surface area contributed by atoms with Crippen LogP contribution in [0, 0.1) is 0 Å². The van der Waals surface area contributed by atoms with Crippen LogP contribution in [0.2, 0.25) is 0 Å². The zero-order valence-corrected chi connectivity index (χ0v) is 17.2. The molecule has 0 unspecified atom stereocenters. The van der Waals surface area contributed by atoms with E-state index >= 15 is 0 Å². The summed E-state index contributed by atoms with van der Waals surface area (Å²) in [5.74, 6) is 0.938. The van der Waals surface area contributed by atoms with E-state index in [2.05, 4.69) is 33.0 Å². The van der Waals surface area contributed by atoms with E-state index in [0.29, 0.717) is 19.6 Å². The minimum Gasteiger partial charge on any atom is -0.467 e. The first-order valence-electron chi connectivity index (χ1n) is 10.4. The smallest absolute Gasteiger partial charge is 0.237 e. The molecule has 6 nitrogen and oxygen atoms in total. The molecule has 1 amide bonds. The minimum absolute atomic E-state index is 0.133. The Labute approximate surface area is 177 Å². The highest BCUT2D eigenvalue weighted by atomic mass is 16.3. The molecule has 0 bridgehead atoms. The van der Waals surface area contributed by atoms with Gasteiger partial charge in [0.15, 0.2) is 0 Å². The molecule has 0 radical (unpaired) electrons. The maximum Gasteiger partial charge on any atom is 0.237 e. The van der Waals surface area contributed by atoms with Crippen molar-refractivity contribution < 1.29 is 9.21 Å². The summed E-state index contributed by atoms with van der Waals surface area (Å²) in [6, 6.07) is 19.9. The van der Waals surface area contributed by atoms with Gasteiger partial charge in [-0.15, -0.1) is 0 Å². The van der Waals surface area contributed by atoms with E-state index in [9.17, 15) is 4.79 Å². The van der Waals surface area contributed by atoms with Crippen LogP contribution in [-0.2, 0) is 24.4 Å². The molecule has 1 aliphatic rings. The van der Waals surface area contributed by atoms with Gasteiger partial charge in [0.1, 0.15) is 5.76 Å². The fraction of sp³-hybridized carbons (Fsp3) is 0.333. The highest BCUT2D eigenvalue weighted by Gasteiger charge is 2.23. The summed E-state index contributed by atoms with van der Waals surface area (Å²) >= 11 is 0. The zero-order valence-electron chi connectivity index (χ0n) is 17.2. The molecule has 2 aromatic heterocycles. The van der Waals surface area contributed by atoms with Crippen LogP contribution in [0.5, 0.6) is 0 Å². The molecule has 4 rings (SSSR count). The first kappa shape index (κ1) is 20.3. The Morgan fingerprint density at radius 1 is 0.900 bits per heavy atom. The summed E-state index contributed by atoms with van der Waals surface area (Å²) < 4.78 is 5.49. The normalized spacial score (nSPS) is 15.2. The van der Waals surface area contributed by atoms with Gasteiger partial charge in [0.25, 0.3) is 0 Å². The van der Waals surface area contributed by atoms with Crippen molar-refractivity contribution in [2.75, 3.05) is 32.7 Å². The monoisotopic (exact) mass is 404 g/mol. The van der Waals surface area contributed by atoms with Crippen molar-refractivity contribution in [2.45, 2.75) is 19.6 Å². The largest absolute Gasteiger partial charge is 0.467 e. The first-order valence-corrected chi connectivity index (χ1v) is 10.4. The average molecular weight is 405 g/mol. The fourth-order valence-corrected chi connectivity index (χ4v) is 3.74. The van der Waals surface area contributed by atoms with Crippen molar-refractivity contribution in [2.24, 2.45) is 0 Å². The van der Waals surface area contributed by atoms with Crippen molar-refractivity contribution in [1.29, 1.82) is 0 Å². The maximum atomic E-state index is 13.1. The fourth-order valence-electron chi connectivity index (χ4n) is 3.74. The van der Waals surface area contributed by atoms with E-state index in [1.54, 1.807) is 6.26 Å². The summed E-state index contributed by atoms with van der Waals surface area (Å²) in [4.78, 5) is 24.1. The van der Waals surface area contributed by atoms with Gasteiger partial charge in [-0.25, -0.2) is 0 Å². The molecule has 3 aromatic rings. The van der Waals surface area contributed by atoms with Crippen LogP contribution in [0.15, 0.2) is 77.5 Å². The van der Waals surface area contributed by atoms with Gasteiger partial charge < -0.3 is 9.32 Å². The van der Waals surface area contributed by atoms with E-state index in [4.69, 9.17) is 4.42 Å². The second-order valence-corrected chi connectivity index (χ2v) is 7.69. The predicted molar refractivity (Wildman–Crippen MR) is 115 cm³/mol. The third-order valence-corrected chi connectivity index (χ3v) is 5.43. The van der Waals surface area contributed by atoms with Gasteiger partial charge in [0.05, 0.1) is 25.0 Å². The van der Waals surface area contributed by atoms with Crippen LogP contribution < -0.4 is 0 Å². The van der Waals surface area contributed by atoms with Gasteiger partial charge in [-0.1, -0.05) is 36.4 Å². The number of furan rings is 1. The van der Waals surface area contributed by atoms with Gasteiger partial charge in [0.2, 0.25) is 5.91 Å². The number of nitrogens with zero attached hydrogens (tertiary/aromatic N) is 4. The number of hydrogen-bond acceptors (Lipinski definition) is 5. The molecular weight excluding hydrogens is 376 g/mol. The molecule has 1 saturated heterocycles. The van der Waals surface area contributed by atoms with E-state index in [1.165, 1.54) is 0 Å². The number of pyridine rings is 1. The van der Waals surface area contributed by atoms with Gasteiger partial charge in [-0.2, -0.15) is 0 Å². The Balaban J connectivity index is 1.32. The third-order valence-electron chi connectivity index (χ3n) is 5.43. The van der Waals surface area contributed by atoms with E-state index in [0.717, 1.165) is 49.7 Å². The average Bonchev–Trinajstić information content (AvgIpc) is 3.29. The second kappa shape index (κ2) is 10.2. The molecule has 0 spiro atoms. The van der Waals surface area contributed by atoms with Crippen LogP contribution in [0.25, 0.3) is 0 Å². The molecule has 1 aromatic carbocycles. The van der Waals surface area contributed by atoms with Crippen LogP contribution in [0.4, 0.5) is 0 Å². The number of hydrogen-bond donors (Lipinski definition) is 0. The molecule has 156 valence electrons. The molecule has 0 atom stereocenters. The lowest BCUT2D eigenvalue weighted by molar-refractivity contribution is -0.134. The van der Waals surface area contributed by atoms with Crippen molar-refractivity contribution in [3.63, 3.8) is 0 Å². The topological polar surface area (TPSA) is 52.8 Å². The molecule has 1 fully saturated rings. The van der Waals surface area contributed by atoms with Crippen LogP contribution in [0.3, 0.4) is 0 Å². The van der Waals surface area contributed by atoms with E-state index in [1.807, 2.05) is 53.6 Å². The first-order chi connectivity index (χ1) is 14.8. The van der Waals surface area contributed by atoms with Crippen molar-refractivity contribution in [1.82, 2.24) is 19.7 Å². The zero-order chi connectivity index (χ0) is 20.6. The lowest BCUT2D eigenvalue weighted by atomic mass is 10.2. The molecule has 30 heavy (non-hydrogen) atoms. The summed E-state index contributed by atoms with van der Waals surface area (Å²) in [5.41, 5.74) is 2.21. The summed E-state index contributed by atoms with van der Waals surface area (Å²) in [7, 11) is 0. The van der Waals surface area contributed by atoms with Crippen molar-refractivity contribution >= 4 is 5.91 Å². The highest BCUT2D eigenvalue weighted by Crippen LogP contribution is 2.13. The van der Waals surface area contributed by atoms with Crippen LogP contribution in [0.1, 0.15) is 17.0 Å². The standard InChI is InChI=1S/C24H28N4O2/c29-24(20-27-14-12-26(13-15-27)18-22-9-4-5-11-25-22)28(19-23-10-6-16-30-23)17-21-7-2-1-3-8-21/h1-11,16H,12-15,17-20H2. The molecule has 0 aliphatic carbocycles. The summed E-state index contributed by atoms with van der Waals surface area (Å²) in [5, 5.41) is 0. The Hall–Kier alpha value is -2.96. The second-order valence-electron chi connectivity index (χ2n) is 7.69. The molecule has 0 N–H and O–H groups in total. The van der Waals surface area contributed by atoms with E-state index in [-0.39, 0.29) is 5.91 Å². The van der Waals surface area contributed by atoms with Gasteiger partial charge in [-0.3, -0.25) is 19.6 Å². The Kier molecular flexibility index (Phi) is 6.90. The molecule has 0 saturated carbocycles. The molecule has 1 aliphatic heterocycles. The quantitative estimate of drug-likeness (QED) is 0.578. The SMILES string of the molecule is O=C(CN1CCN(Cc2ccccn2)CC1)N(Cc1ccccc1)Cc1ccco1. The number of carbonyl (C=O) groups is 1. The van der Waals surface area contributed by atoms with Gasteiger partial charge in [-0.05, 0) is 29.8 Å². The van der Waals surface area contributed by atoms with Crippen LogP contribution >= 0.6 is 0 Å². The minimum atomic E-state index is 0.133. The Morgan fingerprint density at radius 2 is 1.67 bits per heavy atom. The highest BCUT2D eigenvalue weighted by molar-refractivity contribution is 5.78. The third kappa shape index (κ3) is 5.78. The van der Waals surface area contributed by atoms with Gasteiger partial charge >= 0.3 is 0 Å². The molecule has 3 heterocycles. The number of aromatic nitrogens is 1. The maximum absolute atomic E-state index is 13.1. The summed E-state index contributed by atoms with van der Waals surface area (Å²) in [6.07, 6.45) is 3.49. The lowest BCUT2D eigenvalue weighted by Crippen LogP contribution is -2.49. The molecular formula is C24H28N4O2. The predicted octanol–water partition coefficient (Wildman–Crippen LogP) is 3.02.